The van der Waals surface area contributed by atoms with Gasteiger partial charge in [0.15, 0.2) is 0 Å². The number of aromatic nitrogens is 1. The average molecular weight is 226 g/mol. The molecule has 2 nitrogen and oxygen atoms in total. The Morgan fingerprint density at radius 3 is 2.40 bits per heavy atom. The first-order valence-electron chi connectivity index (χ1n) is 5.70. The van der Waals surface area contributed by atoms with E-state index in [0.29, 0.717) is 12.0 Å². The molecule has 1 atom stereocenters. The van der Waals surface area contributed by atoms with Gasteiger partial charge in [-0.15, -0.1) is 11.3 Å². The number of aryl methyl sites for hydroxylation is 2. The van der Waals surface area contributed by atoms with Gasteiger partial charge >= 0.3 is 0 Å². The summed E-state index contributed by atoms with van der Waals surface area (Å²) in [5.74, 6) is 0.690. The average Bonchev–Trinajstić information content (AvgIpc) is 2.45. The lowest BCUT2D eigenvalue weighted by Crippen LogP contribution is -2.32. The topological polar surface area (TPSA) is 24.9 Å². The summed E-state index contributed by atoms with van der Waals surface area (Å²) in [5, 5.41) is 4.75. The van der Waals surface area contributed by atoms with Gasteiger partial charge in [0, 0.05) is 17.5 Å². The largest absolute Gasteiger partial charge is 0.308 e. The number of nitrogens with one attached hydrogen (secondary N) is 1. The van der Waals surface area contributed by atoms with Gasteiger partial charge in [-0.05, 0) is 26.2 Å². The molecule has 0 aromatic carbocycles. The van der Waals surface area contributed by atoms with E-state index in [1.165, 1.54) is 22.0 Å². The molecule has 0 saturated carbocycles. The van der Waals surface area contributed by atoms with Crippen molar-refractivity contribution in [3.05, 3.63) is 15.6 Å². The highest BCUT2D eigenvalue weighted by Crippen LogP contribution is 2.16. The van der Waals surface area contributed by atoms with E-state index in [-0.39, 0.29) is 0 Å². The molecule has 1 aromatic rings. The molecule has 86 valence electrons. The van der Waals surface area contributed by atoms with Gasteiger partial charge in [0.1, 0.15) is 0 Å². The smallest absolute Gasteiger partial charge is 0.0900 e. The van der Waals surface area contributed by atoms with Crippen LogP contribution < -0.4 is 5.32 Å². The molecule has 15 heavy (non-hydrogen) atoms. The molecule has 0 fully saturated rings. The zero-order valence-electron chi connectivity index (χ0n) is 10.4. The molecule has 0 saturated heterocycles. The van der Waals surface area contributed by atoms with Crippen molar-refractivity contribution in [1.29, 1.82) is 0 Å². The second-order valence-electron chi connectivity index (χ2n) is 4.38. The fraction of sp³-hybridized carbons (Fsp3) is 0.750. The van der Waals surface area contributed by atoms with Gasteiger partial charge in [0.25, 0.3) is 0 Å². The summed E-state index contributed by atoms with van der Waals surface area (Å²) in [6, 6.07) is 0.603. The monoisotopic (exact) mass is 226 g/mol. The first kappa shape index (κ1) is 12.7. The van der Waals surface area contributed by atoms with E-state index in [9.17, 15) is 0 Å². The Kier molecular flexibility index (Phi) is 4.74. The summed E-state index contributed by atoms with van der Waals surface area (Å²) in [5.41, 5.74) is 1.22. The molecule has 1 rings (SSSR count). The number of thiazole rings is 1. The van der Waals surface area contributed by atoms with Gasteiger partial charge in [0.2, 0.25) is 0 Å². The van der Waals surface area contributed by atoms with Crippen molar-refractivity contribution in [3.8, 4) is 0 Å². The maximum absolute atomic E-state index is 4.53. The van der Waals surface area contributed by atoms with Crippen LogP contribution in [-0.2, 0) is 6.54 Å². The van der Waals surface area contributed by atoms with Crippen LogP contribution in [-0.4, -0.2) is 11.0 Å². The summed E-state index contributed by atoms with van der Waals surface area (Å²) >= 11 is 1.79. The Balaban J connectivity index is 2.52. The minimum Gasteiger partial charge on any atom is -0.308 e. The number of nitrogens with zero attached hydrogens (tertiary/aromatic N) is 1. The molecule has 1 aromatic heterocycles. The van der Waals surface area contributed by atoms with E-state index in [1.807, 2.05) is 0 Å². The molecule has 0 radical (unpaired) electrons. The molecular weight excluding hydrogens is 204 g/mol. The third-order valence-electron chi connectivity index (χ3n) is 2.78. The molecule has 0 aliphatic heterocycles. The zero-order valence-corrected chi connectivity index (χ0v) is 11.2. The standard InChI is InChI=1S/C12H22N2S/c1-6-11(8(2)3)13-7-12-9(4)15-10(5)14-12/h8,11,13H,6-7H2,1-5H3. The van der Waals surface area contributed by atoms with E-state index < -0.39 is 0 Å². The van der Waals surface area contributed by atoms with E-state index in [0.717, 1.165) is 6.54 Å². The van der Waals surface area contributed by atoms with Gasteiger partial charge in [-0.2, -0.15) is 0 Å². The van der Waals surface area contributed by atoms with Crippen LogP contribution in [0.2, 0.25) is 0 Å². The molecule has 3 heteroatoms. The highest BCUT2D eigenvalue weighted by Gasteiger charge is 2.11. The molecule has 0 aliphatic rings. The second-order valence-corrected chi connectivity index (χ2v) is 5.78. The van der Waals surface area contributed by atoms with Crippen molar-refractivity contribution in [2.75, 3.05) is 0 Å². The van der Waals surface area contributed by atoms with Crippen molar-refractivity contribution >= 4 is 11.3 Å². The van der Waals surface area contributed by atoms with E-state index in [2.05, 4.69) is 44.9 Å². The predicted octanol–water partition coefficient (Wildman–Crippen LogP) is 3.28. The normalized spacial score (nSPS) is 13.5. The van der Waals surface area contributed by atoms with Gasteiger partial charge < -0.3 is 5.32 Å². The number of rotatable bonds is 5. The van der Waals surface area contributed by atoms with Crippen LogP contribution in [0.15, 0.2) is 0 Å². The van der Waals surface area contributed by atoms with Gasteiger partial charge in [-0.25, -0.2) is 4.98 Å². The Bertz CT molecular complexity index is 305. The quantitative estimate of drug-likeness (QED) is 0.833. The van der Waals surface area contributed by atoms with Gasteiger partial charge in [0.05, 0.1) is 10.7 Å². The Morgan fingerprint density at radius 2 is 2.00 bits per heavy atom. The van der Waals surface area contributed by atoms with Gasteiger partial charge in [-0.1, -0.05) is 20.8 Å². The maximum atomic E-state index is 4.53. The minimum atomic E-state index is 0.603. The number of hydrogen-bond donors (Lipinski definition) is 1. The maximum Gasteiger partial charge on any atom is 0.0900 e. The van der Waals surface area contributed by atoms with E-state index in [4.69, 9.17) is 0 Å². The summed E-state index contributed by atoms with van der Waals surface area (Å²) in [6.45, 7) is 11.9. The molecule has 0 aliphatic carbocycles. The first-order valence-corrected chi connectivity index (χ1v) is 6.52. The number of hydrogen-bond acceptors (Lipinski definition) is 3. The van der Waals surface area contributed by atoms with E-state index >= 15 is 0 Å². The fourth-order valence-electron chi connectivity index (χ4n) is 1.82. The Hall–Kier alpha value is -0.410. The predicted molar refractivity (Wildman–Crippen MR) is 67.3 cm³/mol. The second kappa shape index (κ2) is 5.61. The fourth-order valence-corrected chi connectivity index (χ4v) is 2.65. The van der Waals surface area contributed by atoms with E-state index in [1.54, 1.807) is 11.3 Å². The van der Waals surface area contributed by atoms with Crippen LogP contribution in [0, 0.1) is 19.8 Å². The molecule has 0 bridgehead atoms. The summed E-state index contributed by atoms with van der Waals surface area (Å²) < 4.78 is 0. The lowest BCUT2D eigenvalue weighted by molar-refractivity contribution is 0.385. The van der Waals surface area contributed by atoms with Crippen LogP contribution in [0.4, 0.5) is 0 Å². The molecular formula is C12H22N2S. The Morgan fingerprint density at radius 1 is 1.33 bits per heavy atom. The third-order valence-corrected chi connectivity index (χ3v) is 3.70. The molecule has 1 N–H and O–H groups in total. The van der Waals surface area contributed by atoms with Crippen molar-refractivity contribution in [1.82, 2.24) is 10.3 Å². The van der Waals surface area contributed by atoms with Crippen molar-refractivity contribution < 1.29 is 0 Å². The molecule has 1 heterocycles. The molecule has 0 spiro atoms. The minimum absolute atomic E-state index is 0.603. The summed E-state index contributed by atoms with van der Waals surface area (Å²) in [7, 11) is 0. The van der Waals surface area contributed by atoms with Crippen LogP contribution in [0.3, 0.4) is 0 Å². The molecule has 0 amide bonds. The summed E-state index contributed by atoms with van der Waals surface area (Å²) in [6.07, 6.45) is 1.18. The lowest BCUT2D eigenvalue weighted by atomic mass is 10.0. The van der Waals surface area contributed by atoms with Gasteiger partial charge in [-0.3, -0.25) is 0 Å². The summed E-state index contributed by atoms with van der Waals surface area (Å²) in [4.78, 5) is 5.88. The van der Waals surface area contributed by atoms with Crippen molar-refractivity contribution in [2.45, 2.75) is 53.6 Å². The zero-order chi connectivity index (χ0) is 11.4. The highest BCUT2D eigenvalue weighted by atomic mass is 32.1. The molecule has 1 unspecified atom stereocenters. The third kappa shape index (κ3) is 3.58. The lowest BCUT2D eigenvalue weighted by Gasteiger charge is -2.20. The van der Waals surface area contributed by atoms with Crippen molar-refractivity contribution in [3.63, 3.8) is 0 Å². The van der Waals surface area contributed by atoms with Crippen LogP contribution >= 0.6 is 11.3 Å². The van der Waals surface area contributed by atoms with Crippen LogP contribution in [0.25, 0.3) is 0 Å². The van der Waals surface area contributed by atoms with Crippen LogP contribution in [0.1, 0.15) is 42.8 Å². The SMILES string of the molecule is CCC(NCc1nc(C)sc1C)C(C)C. The van der Waals surface area contributed by atoms with Crippen molar-refractivity contribution in [2.24, 2.45) is 5.92 Å². The first-order chi connectivity index (χ1) is 7.04. The highest BCUT2D eigenvalue weighted by molar-refractivity contribution is 7.11. The Labute approximate surface area is 97.1 Å². The van der Waals surface area contributed by atoms with Crippen LogP contribution in [0.5, 0.6) is 0 Å².